The fraction of sp³-hybridized carbons (Fsp3) is 0.588. The Morgan fingerprint density at radius 3 is 2.52 bits per heavy atom. The van der Waals surface area contributed by atoms with Gasteiger partial charge in [-0.05, 0) is 37.0 Å². The van der Waals surface area contributed by atoms with Gasteiger partial charge in [0.25, 0.3) is 0 Å². The molecule has 4 heteroatoms. The summed E-state index contributed by atoms with van der Waals surface area (Å²) in [6, 6.07) is 7.63. The van der Waals surface area contributed by atoms with Gasteiger partial charge in [0, 0.05) is 11.6 Å². The molecule has 21 heavy (non-hydrogen) atoms. The van der Waals surface area contributed by atoms with Gasteiger partial charge in [-0.15, -0.1) is 0 Å². The third-order valence-corrected chi connectivity index (χ3v) is 4.24. The Kier molecular flexibility index (Phi) is 5.65. The number of nitrogens with one attached hydrogen (secondary N) is 1. The number of rotatable bonds is 6. The molecule has 3 nitrogen and oxygen atoms in total. The number of halogens is 1. The van der Waals surface area contributed by atoms with Gasteiger partial charge < -0.3 is 4.90 Å². The van der Waals surface area contributed by atoms with Gasteiger partial charge in [-0.3, -0.25) is 10.1 Å². The van der Waals surface area contributed by atoms with Crippen LogP contribution < -0.4 is 5.32 Å². The fourth-order valence-corrected chi connectivity index (χ4v) is 2.90. The average Bonchev–Trinajstić information content (AvgIpc) is 2.72. The SMILES string of the molecule is CC(C)CCCCN1C(=O)C(C)NC1c1ccc(Cl)cc1. The first-order valence-electron chi connectivity index (χ1n) is 7.81. The monoisotopic (exact) mass is 308 g/mol. The first kappa shape index (κ1) is 16.3. The molecule has 2 unspecified atom stereocenters. The molecule has 0 saturated carbocycles. The molecule has 1 aromatic rings. The van der Waals surface area contributed by atoms with Gasteiger partial charge >= 0.3 is 0 Å². The number of carbonyl (C=O) groups excluding carboxylic acids is 1. The molecule has 2 rings (SSSR count). The van der Waals surface area contributed by atoms with Gasteiger partial charge in [-0.2, -0.15) is 0 Å². The highest BCUT2D eigenvalue weighted by Crippen LogP contribution is 2.27. The highest BCUT2D eigenvalue weighted by Gasteiger charge is 2.36. The van der Waals surface area contributed by atoms with Crippen LogP contribution in [0.5, 0.6) is 0 Å². The highest BCUT2D eigenvalue weighted by molar-refractivity contribution is 6.30. The Morgan fingerprint density at radius 1 is 1.24 bits per heavy atom. The van der Waals surface area contributed by atoms with Crippen molar-refractivity contribution in [3.8, 4) is 0 Å². The largest absolute Gasteiger partial charge is 0.322 e. The number of unbranched alkanes of at least 4 members (excludes halogenated alkanes) is 1. The lowest BCUT2D eigenvalue weighted by atomic mass is 10.1. The molecule has 1 amide bonds. The zero-order valence-electron chi connectivity index (χ0n) is 13.1. The molecule has 1 saturated heterocycles. The predicted molar refractivity (Wildman–Crippen MR) is 87.2 cm³/mol. The number of hydrogen-bond donors (Lipinski definition) is 1. The molecule has 2 atom stereocenters. The highest BCUT2D eigenvalue weighted by atomic mass is 35.5. The Balaban J connectivity index is 2.01. The van der Waals surface area contributed by atoms with E-state index in [9.17, 15) is 4.79 Å². The van der Waals surface area contributed by atoms with Crippen LogP contribution in [0.25, 0.3) is 0 Å². The van der Waals surface area contributed by atoms with Crippen LogP contribution in [-0.4, -0.2) is 23.4 Å². The molecule has 0 bridgehead atoms. The summed E-state index contributed by atoms with van der Waals surface area (Å²) < 4.78 is 0. The lowest BCUT2D eigenvalue weighted by Crippen LogP contribution is -2.31. The van der Waals surface area contributed by atoms with E-state index in [-0.39, 0.29) is 18.1 Å². The second-order valence-corrected chi connectivity index (χ2v) is 6.70. The van der Waals surface area contributed by atoms with Gasteiger partial charge in [0.2, 0.25) is 5.91 Å². The minimum atomic E-state index is -0.115. The van der Waals surface area contributed by atoms with E-state index < -0.39 is 0 Å². The molecule has 1 aliphatic rings. The summed E-state index contributed by atoms with van der Waals surface area (Å²) in [5.74, 6) is 0.919. The summed E-state index contributed by atoms with van der Waals surface area (Å²) in [5.41, 5.74) is 1.10. The minimum Gasteiger partial charge on any atom is -0.322 e. The van der Waals surface area contributed by atoms with E-state index in [1.165, 1.54) is 12.8 Å². The number of carbonyl (C=O) groups is 1. The average molecular weight is 309 g/mol. The summed E-state index contributed by atoms with van der Waals surface area (Å²) >= 11 is 5.94. The summed E-state index contributed by atoms with van der Waals surface area (Å²) in [6.45, 7) is 7.22. The van der Waals surface area contributed by atoms with Gasteiger partial charge in [-0.25, -0.2) is 0 Å². The summed E-state index contributed by atoms with van der Waals surface area (Å²) in [4.78, 5) is 14.3. The van der Waals surface area contributed by atoms with Crippen LogP contribution in [0, 0.1) is 5.92 Å². The molecule has 1 aromatic carbocycles. The molecule has 1 N–H and O–H groups in total. The normalized spacial score (nSPS) is 22.3. The van der Waals surface area contributed by atoms with Crippen molar-refractivity contribution < 1.29 is 4.79 Å². The standard InChI is InChI=1S/C17H25ClN2O/c1-12(2)6-4-5-11-20-16(19-13(3)17(20)21)14-7-9-15(18)10-8-14/h7-10,12-13,16,19H,4-6,11H2,1-3H3. The Labute approximate surface area is 132 Å². The van der Waals surface area contributed by atoms with E-state index in [0.29, 0.717) is 0 Å². The molecule has 1 fully saturated rings. The van der Waals surface area contributed by atoms with Crippen LogP contribution in [-0.2, 0) is 4.79 Å². The third kappa shape index (κ3) is 4.21. The van der Waals surface area contributed by atoms with Crippen molar-refractivity contribution in [1.29, 1.82) is 0 Å². The van der Waals surface area contributed by atoms with Crippen molar-refractivity contribution in [1.82, 2.24) is 10.2 Å². The zero-order valence-corrected chi connectivity index (χ0v) is 13.9. The van der Waals surface area contributed by atoms with Crippen molar-refractivity contribution in [2.75, 3.05) is 6.54 Å². The fourth-order valence-electron chi connectivity index (χ4n) is 2.77. The predicted octanol–water partition coefficient (Wildman–Crippen LogP) is 3.99. The third-order valence-electron chi connectivity index (χ3n) is 3.99. The number of amides is 1. The molecule has 0 aromatic heterocycles. The Morgan fingerprint density at radius 2 is 1.90 bits per heavy atom. The van der Waals surface area contributed by atoms with E-state index in [0.717, 1.165) is 29.5 Å². The van der Waals surface area contributed by atoms with Crippen LogP contribution in [0.2, 0.25) is 5.02 Å². The number of hydrogen-bond acceptors (Lipinski definition) is 2. The van der Waals surface area contributed by atoms with E-state index >= 15 is 0 Å². The van der Waals surface area contributed by atoms with Gasteiger partial charge in [0.05, 0.1) is 6.04 Å². The molecule has 0 radical (unpaired) electrons. The molecular weight excluding hydrogens is 284 g/mol. The quantitative estimate of drug-likeness (QED) is 0.806. The summed E-state index contributed by atoms with van der Waals surface area (Å²) in [5, 5.41) is 4.09. The lowest BCUT2D eigenvalue weighted by Gasteiger charge is -2.24. The maximum absolute atomic E-state index is 12.3. The van der Waals surface area contributed by atoms with E-state index in [1.807, 2.05) is 36.1 Å². The van der Waals surface area contributed by atoms with Crippen LogP contribution in [0.15, 0.2) is 24.3 Å². The second-order valence-electron chi connectivity index (χ2n) is 6.26. The van der Waals surface area contributed by atoms with Gasteiger partial charge in [-0.1, -0.05) is 50.4 Å². The number of nitrogens with zero attached hydrogens (tertiary/aromatic N) is 1. The van der Waals surface area contributed by atoms with E-state index in [4.69, 9.17) is 11.6 Å². The Bertz CT molecular complexity index is 472. The zero-order chi connectivity index (χ0) is 15.4. The smallest absolute Gasteiger partial charge is 0.241 e. The minimum absolute atomic E-state index is 0.0242. The first-order valence-corrected chi connectivity index (χ1v) is 8.19. The molecule has 0 spiro atoms. The van der Waals surface area contributed by atoms with Crippen LogP contribution in [0.1, 0.15) is 51.8 Å². The summed E-state index contributed by atoms with van der Waals surface area (Å²) in [7, 11) is 0. The maximum Gasteiger partial charge on any atom is 0.241 e. The molecular formula is C17H25ClN2O. The first-order chi connectivity index (χ1) is 9.99. The van der Waals surface area contributed by atoms with Crippen LogP contribution in [0.4, 0.5) is 0 Å². The summed E-state index contributed by atoms with van der Waals surface area (Å²) in [6.07, 6.45) is 3.42. The van der Waals surface area contributed by atoms with Gasteiger partial charge in [0.1, 0.15) is 6.17 Å². The van der Waals surface area contributed by atoms with Crippen molar-refractivity contribution in [3.63, 3.8) is 0 Å². The van der Waals surface area contributed by atoms with Crippen molar-refractivity contribution >= 4 is 17.5 Å². The van der Waals surface area contributed by atoms with Crippen molar-refractivity contribution in [2.45, 2.75) is 52.2 Å². The van der Waals surface area contributed by atoms with Gasteiger partial charge in [0.15, 0.2) is 0 Å². The van der Waals surface area contributed by atoms with Crippen molar-refractivity contribution in [2.24, 2.45) is 5.92 Å². The molecule has 1 heterocycles. The molecule has 0 aliphatic carbocycles. The lowest BCUT2D eigenvalue weighted by molar-refractivity contribution is -0.129. The second kappa shape index (κ2) is 7.28. The maximum atomic E-state index is 12.3. The van der Waals surface area contributed by atoms with E-state index in [1.54, 1.807) is 0 Å². The van der Waals surface area contributed by atoms with Crippen molar-refractivity contribution in [3.05, 3.63) is 34.9 Å². The van der Waals surface area contributed by atoms with Crippen LogP contribution in [0.3, 0.4) is 0 Å². The Hall–Kier alpha value is -1.06. The molecule has 1 aliphatic heterocycles. The van der Waals surface area contributed by atoms with E-state index in [2.05, 4.69) is 19.2 Å². The topological polar surface area (TPSA) is 32.3 Å². The van der Waals surface area contributed by atoms with Crippen LogP contribution >= 0.6 is 11.6 Å². The molecule has 116 valence electrons. The number of benzene rings is 1.